The van der Waals surface area contributed by atoms with Gasteiger partial charge >= 0.3 is 0 Å². The van der Waals surface area contributed by atoms with Crippen molar-refractivity contribution in [2.45, 2.75) is 69.9 Å². The Kier molecular flexibility index (Phi) is 7.45. The summed E-state index contributed by atoms with van der Waals surface area (Å²) in [6.45, 7) is 4.19. The van der Waals surface area contributed by atoms with Crippen LogP contribution in [0.3, 0.4) is 0 Å². The van der Waals surface area contributed by atoms with Crippen LogP contribution in [0.15, 0.2) is 24.3 Å². The summed E-state index contributed by atoms with van der Waals surface area (Å²) in [6.07, 6.45) is 6.02. The molecule has 5 N–H and O–H groups in total. The van der Waals surface area contributed by atoms with Gasteiger partial charge in [-0.3, -0.25) is 4.79 Å². The van der Waals surface area contributed by atoms with Crippen LogP contribution < -0.4 is 16.4 Å². The molecule has 1 saturated heterocycles. The number of hydrogen-bond acceptors (Lipinski definition) is 7. The van der Waals surface area contributed by atoms with Crippen molar-refractivity contribution in [1.29, 1.82) is 0 Å². The lowest BCUT2D eigenvalue weighted by molar-refractivity contribution is 0.0996. The summed E-state index contributed by atoms with van der Waals surface area (Å²) in [5.41, 5.74) is 8.72. The number of nitrogens with one attached hydrogen (secondary N) is 2. The molecule has 1 saturated carbocycles. The van der Waals surface area contributed by atoms with Crippen molar-refractivity contribution in [2.75, 3.05) is 30.8 Å². The van der Waals surface area contributed by atoms with E-state index in [1.165, 1.54) is 5.56 Å². The maximum absolute atomic E-state index is 12.2. The number of hydrogen-bond donors (Lipinski definition) is 4. The van der Waals surface area contributed by atoms with Gasteiger partial charge < -0.3 is 26.4 Å². The number of aliphatic hydroxyl groups is 1. The number of amides is 1. The van der Waals surface area contributed by atoms with Gasteiger partial charge in [-0.2, -0.15) is 0 Å². The Labute approximate surface area is 196 Å². The van der Waals surface area contributed by atoms with Gasteiger partial charge in [-0.15, -0.1) is 0 Å². The SMILES string of the molecule is CCc1nc(C(N)=O)c(Nc2cccc(C3CCN(C)CC3)c2)nc1NC1CCC(O)CC1. The molecular formula is C25H36N6O2. The third-order valence-electron chi connectivity index (χ3n) is 6.91. The molecule has 2 fully saturated rings. The molecule has 2 aromatic rings. The van der Waals surface area contributed by atoms with Crippen LogP contribution in [-0.2, 0) is 6.42 Å². The minimum absolute atomic E-state index is 0.154. The number of nitrogens with two attached hydrogens (primary N) is 1. The van der Waals surface area contributed by atoms with Crippen molar-refractivity contribution in [2.24, 2.45) is 5.73 Å². The molecule has 1 aromatic carbocycles. The molecule has 1 amide bonds. The zero-order chi connectivity index (χ0) is 23.4. The predicted molar refractivity (Wildman–Crippen MR) is 131 cm³/mol. The van der Waals surface area contributed by atoms with E-state index < -0.39 is 5.91 Å². The number of carbonyl (C=O) groups is 1. The van der Waals surface area contributed by atoms with Crippen molar-refractivity contribution < 1.29 is 9.90 Å². The predicted octanol–water partition coefficient (Wildman–Crippen LogP) is 3.41. The largest absolute Gasteiger partial charge is 0.393 e. The van der Waals surface area contributed by atoms with Gasteiger partial charge in [-0.1, -0.05) is 19.1 Å². The van der Waals surface area contributed by atoms with E-state index in [1.807, 2.05) is 19.1 Å². The lowest BCUT2D eigenvalue weighted by Gasteiger charge is -2.29. The number of anilines is 3. The van der Waals surface area contributed by atoms with Gasteiger partial charge in [-0.25, -0.2) is 9.97 Å². The van der Waals surface area contributed by atoms with E-state index in [9.17, 15) is 9.90 Å². The Bertz CT molecular complexity index is 965. The maximum atomic E-state index is 12.2. The number of benzene rings is 1. The van der Waals surface area contributed by atoms with Crippen molar-refractivity contribution in [3.63, 3.8) is 0 Å². The summed E-state index contributed by atoms with van der Waals surface area (Å²) in [4.78, 5) is 23.9. The third kappa shape index (κ3) is 5.81. The Morgan fingerprint density at radius 3 is 2.52 bits per heavy atom. The Morgan fingerprint density at radius 1 is 1.12 bits per heavy atom. The minimum atomic E-state index is -0.599. The van der Waals surface area contributed by atoms with Crippen LogP contribution in [0, 0.1) is 0 Å². The van der Waals surface area contributed by atoms with Crippen LogP contribution in [0.25, 0.3) is 0 Å². The quantitative estimate of drug-likeness (QED) is 0.509. The van der Waals surface area contributed by atoms with Crippen LogP contribution in [-0.4, -0.2) is 58.2 Å². The smallest absolute Gasteiger partial charge is 0.271 e. The first-order valence-corrected chi connectivity index (χ1v) is 12.1. The summed E-state index contributed by atoms with van der Waals surface area (Å²) in [5.74, 6) is 0.987. The third-order valence-corrected chi connectivity index (χ3v) is 6.91. The van der Waals surface area contributed by atoms with Crippen LogP contribution in [0.4, 0.5) is 17.3 Å². The zero-order valence-electron chi connectivity index (χ0n) is 19.7. The van der Waals surface area contributed by atoms with E-state index in [4.69, 9.17) is 10.7 Å². The second-order valence-electron chi connectivity index (χ2n) is 9.41. The lowest BCUT2D eigenvalue weighted by atomic mass is 9.89. The molecule has 8 nitrogen and oxygen atoms in total. The molecular weight excluding hydrogens is 416 g/mol. The second-order valence-corrected chi connectivity index (χ2v) is 9.41. The standard InChI is InChI=1S/C25H36N6O2/c1-3-21-24(27-18-7-9-20(32)10-8-18)30-25(22(29-21)23(26)33)28-19-6-4-5-17(15-19)16-11-13-31(2)14-12-16/h4-6,15-16,18,20,32H,3,7-14H2,1-2H3,(H2,26,33)(H2,27,28,30). The number of likely N-dealkylation sites (tertiary alicyclic amines) is 1. The summed E-state index contributed by atoms with van der Waals surface area (Å²) < 4.78 is 0. The highest BCUT2D eigenvalue weighted by Gasteiger charge is 2.23. The van der Waals surface area contributed by atoms with Gasteiger partial charge in [-0.05, 0) is 88.7 Å². The fourth-order valence-corrected chi connectivity index (χ4v) is 4.85. The first-order chi connectivity index (χ1) is 15.9. The van der Waals surface area contributed by atoms with Crippen molar-refractivity contribution >= 4 is 23.2 Å². The van der Waals surface area contributed by atoms with Gasteiger partial charge in [0.1, 0.15) is 5.82 Å². The molecule has 33 heavy (non-hydrogen) atoms. The van der Waals surface area contributed by atoms with Gasteiger partial charge in [0.15, 0.2) is 11.5 Å². The van der Waals surface area contributed by atoms with E-state index in [-0.39, 0.29) is 17.8 Å². The van der Waals surface area contributed by atoms with E-state index in [2.05, 4.69) is 39.7 Å². The van der Waals surface area contributed by atoms with Crippen molar-refractivity contribution in [3.05, 3.63) is 41.2 Å². The molecule has 0 unspecified atom stereocenters. The zero-order valence-corrected chi connectivity index (χ0v) is 19.7. The molecule has 1 aromatic heterocycles. The number of aromatic nitrogens is 2. The van der Waals surface area contributed by atoms with Crippen LogP contribution in [0.1, 0.15) is 73.1 Å². The first kappa shape index (κ1) is 23.4. The molecule has 0 atom stereocenters. The number of rotatable bonds is 7. The lowest BCUT2D eigenvalue weighted by Crippen LogP contribution is -2.29. The molecule has 2 aliphatic rings. The topological polar surface area (TPSA) is 116 Å². The van der Waals surface area contributed by atoms with Crippen molar-refractivity contribution in [1.82, 2.24) is 14.9 Å². The number of nitrogens with zero attached hydrogens (tertiary/aromatic N) is 3. The number of carbonyl (C=O) groups excluding carboxylic acids is 1. The van der Waals surface area contributed by atoms with Crippen LogP contribution in [0.5, 0.6) is 0 Å². The molecule has 1 aliphatic heterocycles. The molecule has 1 aliphatic carbocycles. The van der Waals surface area contributed by atoms with Gasteiger partial charge in [0, 0.05) is 11.7 Å². The number of aliphatic hydroxyl groups excluding tert-OH is 1. The van der Waals surface area contributed by atoms with E-state index in [0.29, 0.717) is 24.0 Å². The molecule has 4 rings (SSSR count). The fraction of sp³-hybridized carbons (Fsp3) is 0.560. The molecule has 0 spiro atoms. The van der Waals surface area contributed by atoms with Gasteiger partial charge in [0.25, 0.3) is 5.91 Å². The summed E-state index contributed by atoms with van der Waals surface area (Å²) in [7, 11) is 2.17. The molecule has 2 heterocycles. The highest BCUT2D eigenvalue weighted by molar-refractivity contribution is 5.96. The Hall–Kier alpha value is -2.71. The summed E-state index contributed by atoms with van der Waals surface area (Å²) in [5, 5.41) is 16.6. The van der Waals surface area contributed by atoms with Gasteiger partial charge in [0.2, 0.25) is 0 Å². The van der Waals surface area contributed by atoms with Gasteiger partial charge in [0.05, 0.1) is 11.8 Å². The Balaban J connectivity index is 1.58. The van der Waals surface area contributed by atoms with Crippen LogP contribution >= 0.6 is 0 Å². The number of piperidine rings is 1. The molecule has 0 bridgehead atoms. The molecule has 0 radical (unpaired) electrons. The maximum Gasteiger partial charge on any atom is 0.271 e. The average Bonchev–Trinajstić information content (AvgIpc) is 2.81. The molecule has 178 valence electrons. The monoisotopic (exact) mass is 452 g/mol. The normalized spacial score (nSPS) is 22.2. The highest BCUT2D eigenvalue weighted by Crippen LogP contribution is 2.31. The first-order valence-electron chi connectivity index (χ1n) is 12.1. The van der Waals surface area contributed by atoms with E-state index in [0.717, 1.165) is 63.0 Å². The average molecular weight is 453 g/mol. The van der Waals surface area contributed by atoms with Crippen LogP contribution in [0.2, 0.25) is 0 Å². The van der Waals surface area contributed by atoms with E-state index in [1.54, 1.807) is 0 Å². The molecule has 8 heteroatoms. The Morgan fingerprint density at radius 2 is 1.85 bits per heavy atom. The second kappa shape index (κ2) is 10.5. The van der Waals surface area contributed by atoms with Crippen molar-refractivity contribution in [3.8, 4) is 0 Å². The highest BCUT2D eigenvalue weighted by atomic mass is 16.3. The van der Waals surface area contributed by atoms with E-state index >= 15 is 0 Å². The summed E-state index contributed by atoms with van der Waals surface area (Å²) in [6, 6.07) is 8.57. The fourth-order valence-electron chi connectivity index (χ4n) is 4.85. The minimum Gasteiger partial charge on any atom is -0.393 e. The summed E-state index contributed by atoms with van der Waals surface area (Å²) >= 11 is 0. The number of aryl methyl sites for hydroxylation is 1. The number of primary amides is 1.